The monoisotopic (exact) mass is 122 g/mol. The van der Waals surface area contributed by atoms with E-state index in [0.717, 1.165) is 0 Å². The van der Waals surface area contributed by atoms with Crippen LogP contribution in [-0.4, -0.2) is 18.0 Å². The molecule has 1 rings (SSSR count). The Morgan fingerprint density at radius 3 is 2.56 bits per heavy atom. The van der Waals surface area contributed by atoms with Crippen molar-refractivity contribution in [2.75, 3.05) is 13.1 Å². The van der Waals surface area contributed by atoms with Crippen LogP contribution in [0.3, 0.4) is 0 Å². The summed E-state index contributed by atoms with van der Waals surface area (Å²) < 4.78 is 0. The summed E-state index contributed by atoms with van der Waals surface area (Å²) in [6.45, 7) is 6.27. The van der Waals surface area contributed by atoms with E-state index in [1.165, 1.54) is 25.9 Å². The van der Waals surface area contributed by atoms with Gasteiger partial charge in [-0.3, -0.25) is 4.90 Å². The average molecular weight is 122 g/mol. The van der Waals surface area contributed by atoms with Crippen LogP contribution in [0.15, 0.2) is 0 Å². The van der Waals surface area contributed by atoms with Gasteiger partial charge in [-0.15, -0.1) is 5.92 Å². The second-order valence-electron chi connectivity index (χ2n) is 2.27. The first-order chi connectivity index (χ1) is 4.43. The lowest BCUT2D eigenvalue weighted by Gasteiger charge is -2.07. The van der Waals surface area contributed by atoms with E-state index in [9.17, 15) is 0 Å². The van der Waals surface area contributed by atoms with Crippen LogP contribution in [0.25, 0.3) is 0 Å². The van der Waals surface area contributed by atoms with Crippen molar-refractivity contribution in [1.29, 1.82) is 0 Å². The lowest BCUT2D eigenvalue weighted by molar-refractivity contribution is 0.437. The molecule has 1 radical (unpaired) electrons. The smallest absolute Gasteiger partial charge is 0.0986 e. The summed E-state index contributed by atoms with van der Waals surface area (Å²) >= 11 is 0. The second-order valence-corrected chi connectivity index (χ2v) is 2.27. The molecule has 1 aliphatic rings. The van der Waals surface area contributed by atoms with Gasteiger partial charge < -0.3 is 0 Å². The van der Waals surface area contributed by atoms with Crippen molar-refractivity contribution < 1.29 is 0 Å². The molecule has 1 fully saturated rings. The summed E-state index contributed by atoms with van der Waals surface area (Å²) in [6.07, 6.45) is 2.67. The molecular weight excluding hydrogens is 110 g/mol. The van der Waals surface area contributed by atoms with Gasteiger partial charge in [-0.1, -0.05) is 5.92 Å². The molecule has 1 aliphatic heterocycles. The van der Waals surface area contributed by atoms with Crippen molar-refractivity contribution in [3.63, 3.8) is 0 Å². The Kier molecular flexibility index (Phi) is 2.60. The highest BCUT2D eigenvalue weighted by Crippen LogP contribution is 2.07. The largest absolute Gasteiger partial charge is 0.288 e. The van der Waals surface area contributed by atoms with Gasteiger partial charge >= 0.3 is 0 Å². The molecule has 0 amide bonds. The van der Waals surface area contributed by atoms with Gasteiger partial charge in [-0.05, 0) is 32.9 Å². The highest BCUT2D eigenvalue weighted by Gasteiger charge is 2.08. The Morgan fingerprint density at radius 1 is 1.33 bits per heavy atom. The van der Waals surface area contributed by atoms with Crippen LogP contribution in [0.1, 0.15) is 19.8 Å². The maximum atomic E-state index is 2.94. The lowest BCUT2D eigenvalue weighted by Crippen LogP contribution is -2.13. The summed E-state index contributed by atoms with van der Waals surface area (Å²) in [7, 11) is 0. The van der Waals surface area contributed by atoms with Crippen LogP contribution in [0.5, 0.6) is 0 Å². The lowest BCUT2D eigenvalue weighted by atomic mass is 10.4. The van der Waals surface area contributed by atoms with E-state index < -0.39 is 0 Å². The Balaban J connectivity index is 2.16. The first-order valence-corrected chi connectivity index (χ1v) is 3.43. The topological polar surface area (TPSA) is 3.24 Å². The maximum Gasteiger partial charge on any atom is 0.0986 e. The zero-order chi connectivity index (χ0) is 6.53. The molecule has 1 heteroatoms. The summed E-state index contributed by atoms with van der Waals surface area (Å²) in [5, 5.41) is 0. The van der Waals surface area contributed by atoms with E-state index in [2.05, 4.69) is 16.7 Å². The number of likely N-dealkylation sites (tertiary alicyclic amines) is 1. The van der Waals surface area contributed by atoms with Crippen molar-refractivity contribution >= 4 is 0 Å². The molecule has 0 spiro atoms. The third-order valence-corrected chi connectivity index (χ3v) is 1.53. The molecule has 0 bridgehead atoms. The van der Waals surface area contributed by atoms with Gasteiger partial charge in [0.15, 0.2) is 0 Å². The molecule has 49 valence electrons. The minimum atomic E-state index is 1.20. The fourth-order valence-electron chi connectivity index (χ4n) is 1.03. The van der Waals surface area contributed by atoms with E-state index >= 15 is 0 Å². The SMILES string of the molecule is CC#C[CH]N1CCCC1. The summed E-state index contributed by atoms with van der Waals surface area (Å²) in [6, 6.07) is 0. The number of hydrogen-bond donors (Lipinski definition) is 0. The van der Waals surface area contributed by atoms with Crippen LogP contribution in [0.4, 0.5) is 0 Å². The van der Waals surface area contributed by atoms with Crippen molar-refractivity contribution in [1.82, 2.24) is 4.90 Å². The summed E-state index contributed by atoms with van der Waals surface area (Å²) in [5.41, 5.74) is 0. The number of rotatable bonds is 1. The molecule has 1 heterocycles. The minimum absolute atomic E-state index is 1.20. The first-order valence-electron chi connectivity index (χ1n) is 3.43. The van der Waals surface area contributed by atoms with E-state index in [0.29, 0.717) is 0 Å². The Hall–Kier alpha value is -0.480. The molecule has 0 N–H and O–H groups in total. The van der Waals surface area contributed by atoms with E-state index in [1.807, 2.05) is 13.5 Å². The Morgan fingerprint density at radius 2 is 2.00 bits per heavy atom. The summed E-state index contributed by atoms with van der Waals surface area (Å²) in [5.74, 6) is 5.79. The van der Waals surface area contributed by atoms with E-state index in [4.69, 9.17) is 0 Å². The predicted molar refractivity (Wildman–Crippen MR) is 38.6 cm³/mol. The zero-order valence-corrected chi connectivity index (χ0v) is 5.85. The molecule has 9 heavy (non-hydrogen) atoms. The van der Waals surface area contributed by atoms with E-state index in [1.54, 1.807) is 0 Å². The molecule has 1 nitrogen and oxygen atoms in total. The molecule has 1 saturated heterocycles. The quantitative estimate of drug-likeness (QED) is 0.473. The molecule has 0 saturated carbocycles. The second kappa shape index (κ2) is 3.53. The number of nitrogens with zero attached hydrogens (tertiary/aromatic N) is 1. The molecule has 0 aliphatic carbocycles. The van der Waals surface area contributed by atoms with Gasteiger partial charge in [-0.2, -0.15) is 0 Å². The van der Waals surface area contributed by atoms with Gasteiger partial charge in [0, 0.05) is 0 Å². The van der Waals surface area contributed by atoms with Gasteiger partial charge in [0.1, 0.15) is 0 Å². The third-order valence-electron chi connectivity index (χ3n) is 1.53. The van der Waals surface area contributed by atoms with Crippen molar-refractivity contribution in [2.45, 2.75) is 19.8 Å². The molecular formula is C8H12N. The highest BCUT2D eigenvalue weighted by molar-refractivity contribution is 5.07. The highest BCUT2D eigenvalue weighted by atomic mass is 15.1. The standard InChI is InChI=1S/C8H12N/c1-2-3-6-9-7-4-5-8-9/h6H,4-5,7-8H2,1H3. The fourth-order valence-corrected chi connectivity index (χ4v) is 1.03. The zero-order valence-electron chi connectivity index (χ0n) is 5.85. The Bertz CT molecular complexity index is 123. The van der Waals surface area contributed by atoms with Crippen LogP contribution in [-0.2, 0) is 0 Å². The average Bonchev–Trinajstić information content (AvgIpc) is 2.34. The molecule has 0 aromatic carbocycles. The van der Waals surface area contributed by atoms with E-state index in [-0.39, 0.29) is 0 Å². The molecule has 0 atom stereocenters. The molecule has 0 aromatic heterocycles. The van der Waals surface area contributed by atoms with Crippen LogP contribution >= 0.6 is 0 Å². The fraction of sp³-hybridized carbons (Fsp3) is 0.625. The van der Waals surface area contributed by atoms with Gasteiger partial charge in [0.2, 0.25) is 0 Å². The van der Waals surface area contributed by atoms with Gasteiger partial charge in [-0.25, -0.2) is 0 Å². The minimum Gasteiger partial charge on any atom is -0.288 e. The first kappa shape index (κ1) is 6.64. The Labute approximate surface area is 57.0 Å². The van der Waals surface area contributed by atoms with Crippen molar-refractivity contribution in [3.8, 4) is 11.8 Å². The number of hydrogen-bond acceptors (Lipinski definition) is 1. The van der Waals surface area contributed by atoms with Crippen LogP contribution in [0.2, 0.25) is 0 Å². The molecule has 0 aromatic rings. The van der Waals surface area contributed by atoms with Crippen molar-refractivity contribution in [3.05, 3.63) is 6.54 Å². The normalized spacial score (nSPS) is 19.2. The predicted octanol–water partition coefficient (Wildman–Crippen LogP) is 1.27. The molecule has 0 unspecified atom stereocenters. The van der Waals surface area contributed by atoms with Crippen molar-refractivity contribution in [2.24, 2.45) is 0 Å². The van der Waals surface area contributed by atoms with Gasteiger partial charge in [0.25, 0.3) is 0 Å². The maximum absolute atomic E-state index is 2.94. The third kappa shape index (κ3) is 2.07. The van der Waals surface area contributed by atoms with Gasteiger partial charge in [0.05, 0.1) is 6.54 Å². The van der Waals surface area contributed by atoms with Crippen LogP contribution < -0.4 is 0 Å². The van der Waals surface area contributed by atoms with Crippen LogP contribution in [0, 0.1) is 18.4 Å². The summed E-state index contributed by atoms with van der Waals surface area (Å²) in [4.78, 5) is 2.27.